The van der Waals surface area contributed by atoms with Crippen LogP contribution >= 0.6 is 0 Å². The Bertz CT molecular complexity index is 551. The predicted molar refractivity (Wildman–Crippen MR) is 60.6 cm³/mol. The molecule has 16 heavy (non-hydrogen) atoms. The zero-order chi connectivity index (χ0) is 11.4. The van der Waals surface area contributed by atoms with Crippen molar-refractivity contribution in [1.82, 2.24) is 10.3 Å². The van der Waals surface area contributed by atoms with Gasteiger partial charge in [0.1, 0.15) is 6.54 Å². The van der Waals surface area contributed by atoms with Crippen LogP contribution < -0.4 is 5.32 Å². The summed E-state index contributed by atoms with van der Waals surface area (Å²) in [7, 11) is 0. The Kier molecular flexibility index (Phi) is 2.88. The van der Waals surface area contributed by atoms with Gasteiger partial charge in [-0.3, -0.25) is 4.79 Å². The maximum atomic E-state index is 11.4. The van der Waals surface area contributed by atoms with Crippen LogP contribution in [0.1, 0.15) is 5.56 Å². The highest BCUT2D eigenvalue weighted by Crippen LogP contribution is 2.17. The lowest BCUT2D eigenvalue weighted by Crippen LogP contribution is -2.25. The van der Waals surface area contributed by atoms with Crippen LogP contribution in [0, 0.1) is 11.3 Å². The van der Waals surface area contributed by atoms with Crippen molar-refractivity contribution >= 4 is 16.8 Å². The third-order valence-electron chi connectivity index (χ3n) is 2.39. The number of nitrogens with zero attached hydrogens (tertiary/aromatic N) is 1. The first-order valence-corrected chi connectivity index (χ1v) is 5.00. The molecule has 0 atom stereocenters. The summed E-state index contributed by atoms with van der Waals surface area (Å²) in [5.74, 6) is -0.133. The van der Waals surface area contributed by atoms with E-state index in [1.807, 2.05) is 36.5 Å². The van der Waals surface area contributed by atoms with Crippen molar-refractivity contribution in [3.05, 3.63) is 36.0 Å². The summed E-state index contributed by atoms with van der Waals surface area (Å²) < 4.78 is 0. The van der Waals surface area contributed by atoms with Gasteiger partial charge in [0.15, 0.2) is 0 Å². The van der Waals surface area contributed by atoms with E-state index < -0.39 is 0 Å². The number of hydrogen-bond acceptors (Lipinski definition) is 2. The zero-order valence-corrected chi connectivity index (χ0v) is 8.66. The molecule has 0 unspecified atom stereocenters. The molecule has 0 spiro atoms. The molecule has 2 aromatic rings. The fourth-order valence-corrected chi connectivity index (χ4v) is 1.65. The Morgan fingerprint density at radius 1 is 1.44 bits per heavy atom. The quantitative estimate of drug-likeness (QED) is 0.755. The fraction of sp³-hybridized carbons (Fsp3) is 0.167. The van der Waals surface area contributed by atoms with E-state index in [9.17, 15) is 4.79 Å². The number of nitriles is 1. The number of aromatic nitrogens is 1. The number of rotatable bonds is 3. The summed E-state index contributed by atoms with van der Waals surface area (Å²) in [6, 6.07) is 9.69. The summed E-state index contributed by atoms with van der Waals surface area (Å²) >= 11 is 0. The molecule has 0 fully saturated rings. The summed E-state index contributed by atoms with van der Waals surface area (Å²) in [6.45, 7) is 0.0567. The van der Waals surface area contributed by atoms with Crippen molar-refractivity contribution in [1.29, 1.82) is 5.26 Å². The third-order valence-corrected chi connectivity index (χ3v) is 2.39. The van der Waals surface area contributed by atoms with Crippen molar-refractivity contribution < 1.29 is 4.79 Å². The topological polar surface area (TPSA) is 68.7 Å². The summed E-state index contributed by atoms with van der Waals surface area (Å²) in [5, 5.41) is 11.9. The molecular weight excluding hydrogens is 202 g/mol. The minimum absolute atomic E-state index is 0.0567. The number of carbonyl (C=O) groups excluding carboxylic acids is 1. The van der Waals surface area contributed by atoms with E-state index in [4.69, 9.17) is 5.26 Å². The Morgan fingerprint density at radius 2 is 2.25 bits per heavy atom. The molecule has 0 aliphatic rings. The molecule has 1 amide bonds. The molecule has 1 heterocycles. The number of fused-ring (bicyclic) bond motifs is 1. The lowest BCUT2D eigenvalue weighted by molar-refractivity contribution is -0.120. The van der Waals surface area contributed by atoms with Gasteiger partial charge in [0.2, 0.25) is 5.91 Å². The highest BCUT2D eigenvalue weighted by atomic mass is 16.1. The van der Waals surface area contributed by atoms with E-state index in [-0.39, 0.29) is 12.5 Å². The second-order valence-corrected chi connectivity index (χ2v) is 3.47. The van der Waals surface area contributed by atoms with Crippen molar-refractivity contribution in [3.8, 4) is 6.07 Å². The number of amides is 1. The zero-order valence-electron chi connectivity index (χ0n) is 8.66. The molecule has 4 nitrogen and oxygen atoms in total. The first-order chi connectivity index (χ1) is 7.81. The molecule has 0 aliphatic heterocycles. The van der Waals surface area contributed by atoms with Crippen LogP contribution in [0.15, 0.2) is 30.5 Å². The van der Waals surface area contributed by atoms with Crippen LogP contribution in [-0.2, 0) is 11.2 Å². The Morgan fingerprint density at radius 3 is 3.06 bits per heavy atom. The number of carbonyl (C=O) groups is 1. The van der Waals surface area contributed by atoms with Gasteiger partial charge in [0.25, 0.3) is 0 Å². The first kappa shape index (κ1) is 10.2. The van der Waals surface area contributed by atoms with E-state index >= 15 is 0 Å². The maximum Gasteiger partial charge on any atom is 0.225 e. The normalized spacial score (nSPS) is 9.94. The molecule has 0 saturated carbocycles. The maximum absolute atomic E-state index is 11.4. The van der Waals surface area contributed by atoms with Crippen LogP contribution in [0.3, 0.4) is 0 Å². The highest BCUT2D eigenvalue weighted by Gasteiger charge is 2.07. The Balaban J connectivity index is 2.16. The van der Waals surface area contributed by atoms with Gasteiger partial charge < -0.3 is 10.3 Å². The molecule has 0 bridgehead atoms. The van der Waals surface area contributed by atoms with Gasteiger partial charge in [-0.1, -0.05) is 18.2 Å². The molecule has 2 rings (SSSR count). The lowest BCUT2D eigenvalue weighted by atomic mass is 10.1. The summed E-state index contributed by atoms with van der Waals surface area (Å²) in [4.78, 5) is 14.5. The van der Waals surface area contributed by atoms with Crippen LogP contribution in [-0.4, -0.2) is 17.4 Å². The van der Waals surface area contributed by atoms with Gasteiger partial charge in [0, 0.05) is 17.1 Å². The second-order valence-electron chi connectivity index (χ2n) is 3.47. The van der Waals surface area contributed by atoms with Crippen LogP contribution in [0.25, 0.3) is 10.9 Å². The molecule has 0 radical (unpaired) electrons. The SMILES string of the molecule is N#CCNC(=O)Cc1c[nH]c2ccccc12. The number of benzene rings is 1. The van der Waals surface area contributed by atoms with Gasteiger partial charge in [-0.05, 0) is 11.6 Å². The molecule has 1 aromatic heterocycles. The van der Waals surface area contributed by atoms with E-state index in [0.29, 0.717) is 6.42 Å². The Labute approximate surface area is 92.9 Å². The van der Waals surface area contributed by atoms with E-state index in [1.165, 1.54) is 0 Å². The molecule has 2 N–H and O–H groups in total. The van der Waals surface area contributed by atoms with Crippen LogP contribution in [0.2, 0.25) is 0 Å². The van der Waals surface area contributed by atoms with Crippen molar-refractivity contribution in [2.75, 3.05) is 6.54 Å². The third kappa shape index (κ3) is 2.04. The number of H-pyrrole nitrogens is 1. The number of hydrogen-bond donors (Lipinski definition) is 2. The monoisotopic (exact) mass is 213 g/mol. The van der Waals surface area contributed by atoms with Crippen LogP contribution in [0.5, 0.6) is 0 Å². The summed E-state index contributed by atoms with van der Waals surface area (Å²) in [6.07, 6.45) is 2.13. The largest absolute Gasteiger partial charge is 0.361 e. The Hall–Kier alpha value is -2.28. The molecule has 1 aromatic carbocycles. The molecule has 0 aliphatic carbocycles. The molecular formula is C12H11N3O. The standard InChI is InChI=1S/C12H11N3O/c13-5-6-14-12(16)7-9-8-15-11-4-2-1-3-10(9)11/h1-4,8,15H,6-7H2,(H,14,16). The fourth-order valence-electron chi connectivity index (χ4n) is 1.65. The number of aromatic amines is 1. The average Bonchev–Trinajstić information content (AvgIpc) is 2.70. The van der Waals surface area contributed by atoms with E-state index in [0.717, 1.165) is 16.5 Å². The van der Waals surface area contributed by atoms with Crippen molar-refractivity contribution in [2.24, 2.45) is 0 Å². The van der Waals surface area contributed by atoms with Gasteiger partial charge in [-0.25, -0.2) is 0 Å². The number of para-hydroxylation sites is 1. The van der Waals surface area contributed by atoms with E-state index in [2.05, 4.69) is 10.3 Å². The van der Waals surface area contributed by atoms with E-state index in [1.54, 1.807) is 0 Å². The smallest absolute Gasteiger partial charge is 0.225 e. The highest BCUT2D eigenvalue weighted by molar-refractivity contribution is 5.88. The van der Waals surface area contributed by atoms with Crippen molar-refractivity contribution in [2.45, 2.75) is 6.42 Å². The second kappa shape index (κ2) is 4.49. The lowest BCUT2D eigenvalue weighted by Gasteiger charge is -1.99. The van der Waals surface area contributed by atoms with Crippen molar-refractivity contribution in [3.63, 3.8) is 0 Å². The van der Waals surface area contributed by atoms with Gasteiger partial charge in [0.05, 0.1) is 12.5 Å². The minimum Gasteiger partial charge on any atom is -0.361 e. The van der Waals surface area contributed by atoms with Gasteiger partial charge >= 0.3 is 0 Å². The van der Waals surface area contributed by atoms with Gasteiger partial charge in [-0.2, -0.15) is 5.26 Å². The molecule has 80 valence electrons. The minimum atomic E-state index is -0.133. The van der Waals surface area contributed by atoms with Crippen LogP contribution in [0.4, 0.5) is 0 Å². The molecule has 0 saturated heterocycles. The summed E-state index contributed by atoms with van der Waals surface area (Å²) in [5.41, 5.74) is 1.97. The average molecular weight is 213 g/mol. The first-order valence-electron chi connectivity index (χ1n) is 5.00. The molecule has 4 heteroatoms. The number of nitrogens with one attached hydrogen (secondary N) is 2. The predicted octanol–water partition coefficient (Wildman–Crippen LogP) is 1.35. The van der Waals surface area contributed by atoms with Gasteiger partial charge in [-0.15, -0.1) is 0 Å².